The van der Waals surface area contributed by atoms with Gasteiger partial charge >= 0.3 is 0 Å². The zero-order chi connectivity index (χ0) is 17.5. The normalized spacial score (nSPS) is 15.3. The zero-order valence-electron chi connectivity index (χ0n) is 13.1. The summed E-state index contributed by atoms with van der Waals surface area (Å²) < 4.78 is 27.6. The maximum Gasteiger partial charge on any atom is 0.263 e. The molecule has 3 rings (SSSR count). The number of fused-ring (bicyclic) bond motifs is 1. The third-order valence-electron chi connectivity index (χ3n) is 4.06. The molecule has 0 radical (unpaired) electrons. The number of carbonyl (C=O) groups is 1. The van der Waals surface area contributed by atoms with E-state index in [2.05, 4.69) is 10.0 Å². The topological polar surface area (TPSA) is 99.1 Å². The molecule has 0 spiro atoms. The van der Waals surface area contributed by atoms with Crippen molar-refractivity contribution in [3.8, 4) is 6.07 Å². The van der Waals surface area contributed by atoms with E-state index in [1.165, 1.54) is 12.1 Å². The number of hydrogen-bond acceptors (Lipinski definition) is 4. The molecule has 24 heavy (non-hydrogen) atoms. The number of amides is 1. The van der Waals surface area contributed by atoms with Crippen molar-refractivity contribution in [2.45, 2.75) is 24.2 Å². The van der Waals surface area contributed by atoms with E-state index in [0.29, 0.717) is 11.4 Å². The monoisotopic (exact) mass is 341 g/mol. The van der Waals surface area contributed by atoms with Gasteiger partial charge in [0, 0.05) is 11.4 Å². The van der Waals surface area contributed by atoms with Gasteiger partial charge in [-0.15, -0.1) is 0 Å². The van der Waals surface area contributed by atoms with Crippen molar-refractivity contribution in [1.82, 2.24) is 0 Å². The van der Waals surface area contributed by atoms with E-state index in [0.717, 1.165) is 5.56 Å². The average molecular weight is 341 g/mol. The molecule has 1 amide bonds. The summed E-state index contributed by atoms with van der Waals surface area (Å²) in [6, 6.07) is 12.7. The second kappa shape index (κ2) is 5.35. The third-order valence-corrected chi connectivity index (χ3v) is 5.50. The van der Waals surface area contributed by atoms with E-state index in [-0.39, 0.29) is 16.4 Å². The lowest BCUT2D eigenvalue weighted by Crippen LogP contribution is -2.27. The predicted molar refractivity (Wildman–Crippen MR) is 90.1 cm³/mol. The van der Waals surface area contributed by atoms with E-state index in [1.807, 2.05) is 6.07 Å². The summed E-state index contributed by atoms with van der Waals surface area (Å²) >= 11 is 0. The number of rotatable bonds is 3. The molecule has 0 unspecified atom stereocenters. The Bertz CT molecular complexity index is 988. The molecule has 2 aromatic rings. The van der Waals surface area contributed by atoms with Gasteiger partial charge in [0.15, 0.2) is 0 Å². The fourth-order valence-corrected chi connectivity index (χ4v) is 3.85. The van der Waals surface area contributed by atoms with Gasteiger partial charge in [0.1, 0.15) is 11.0 Å². The summed E-state index contributed by atoms with van der Waals surface area (Å²) in [7, 11) is -3.90. The van der Waals surface area contributed by atoms with Crippen LogP contribution in [0.5, 0.6) is 0 Å². The van der Waals surface area contributed by atoms with Gasteiger partial charge in [0.25, 0.3) is 10.0 Å². The molecule has 7 heteroatoms. The highest BCUT2D eigenvalue weighted by atomic mass is 32.2. The van der Waals surface area contributed by atoms with Crippen LogP contribution in [-0.2, 0) is 20.2 Å². The van der Waals surface area contributed by atoms with Gasteiger partial charge in [0.2, 0.25) is 5.91 Å². The Labute approximate surface area is 140 Å². The first-order valence-corrected chi connectivity index (χ1v) is 8.72. The Morgan fingerprint density at radius 2 is 1.88 bits per heavy atom. The Morgan fingerprint density at radius 3 is 2.58 bits per heavy atom. The van der Waals surface area contributed by atoms with Crippen LogP contribution in [0.1, 0.15) is 25.0 Å². The van der Waals surface area contributed by atoms with Gasteiger partial charge in [-0.2, -0.15) is 5.26 Å². The second-order valence-corrected chi connectivity index (χ2v) is 7.70. The largest absolute Gasteiger partial charge is 0.325 e. The second-order valence-electron chi connectivity index (χ2n) is 6.05. The van der Waals surface area contributed by atoms with Gasteiger partial charge in [0.05, 0.1) is 11.0 Å². The van der Waals surface area contributed by atoms with Crippen LogP contribution in [0.25, 0.3) is 0 Å². The molecule has 1 aliphatic rings. The quantitative estimate of drug-likeness (QED) is 0.896. The molecule has 1 aliphatic heterocycles. The summed E-state index contributed by atoms with van der Waals surface area (Å²) in [5, 5.41) is 11.9. The Balaban J connectivity index is 2.00. The lowest BCUT2D eigenvalue weighted by atomic mass is 9.86. The highest BCUT2D eigenvalue weighted by molar-refractivity contribution is 7.92. The molecule has 0 fully saturated rings. The minimum atomic E-state index is -3.90. The Morgan fingerprint density at radius 1 is 1.17 bits per heavy atom. The summed E-state index contributed by atoms with van der Waals surface area (Å²) in [6.45, 7) is 3.55. The number of nitrogens with zero attached hydrogens (tertiary/aromatic N) is 1. The molecule has 0 atom stereocenters. The van der Waals surface area contributed by atoms with Crippen LogP contribution >= 0.6 is 0 Å². The summed E-state index contributed by atoms with van der Waals surface area (Å²) in [5.41, 5.74) is 1.07. The maximum atomic E-state index is 12.6. The van der Waals surface area contributed by atoms with Gasteiger partial charge in [-0.05, 0) is 49.7 Å². The molecule has 6 nitrogen and oxygen atoms in total. The maximum absolute atomic E-state index is 12.6. The average Bonchev–Trinajstić information content (AvgIpc) is 2.77. The van der Waals surface area contributed by atoms with Gasteiger partial charge in [-0.1, -0.05) is 12.1 Å². The van der Waals surface area contributed by atoms with E-state index >= 15 is 0 Å². The lowest BCUT2D eigenvalue weighted by molar-refractivity contribution is -0.119. The van der Waals surface area contributed by atoms with Crippen LogP contribution in [0.3, 0.4) is 0 Å². The molecule has 0 saturated heterocycles. The molecule has 0 aromatic heterocycles. The van der Waals surface area contributed by atoms with Crippen LogP contribution in [0.2, 0.25) is 0 Å². The number of carbonyl (C=O) groups excluding carboxylic acids is 1. The lowest BCUT2D eigenvalue weighted by Gasteiger charge is -2.16. The number of sulfonamides is 1. The highest BCUT2D eigenvalue weighted by Gasteiger charge is 2.38. The highest BCUT2D eigenvalue weighted by Crippen LogP contribution is 2.39. The SMILES string of the molecule is CC1(C)C(=O)Nc2ccc(NS(=O)(=O)c3ccccc3C#N)cc21. The number of benzene rings is 2. The van der Waals surface area contributed by atoms with E-state index in [1.54, 1.807) is 44.2 Å². The number of nitriles is 1. The molecular formula is C17H15N3O3S. The van der Waals surface area contributed by atoms with Crippen LogP contribution < -0.4 is 10.0 Å². The summed E-state index contributed by atoms with van der Waals surface area (Å²) in [5.74, 6) is -0.132. The third kappa shape index (κ3) is 2.51. The fraction of sp³-hybridized carbons (Fsp3) is 0.176. The van der Waals surface area contributed by atoms with Crippen molar-refractivity contribution in [3.05, 3.63) is 53.6 Å². The number of nitrogens with one attached hydrogen (secondary N) is 2. The van der Waals surface area contributed by atoms with Crippen LogP contribution in [-0.4, -0.2) is 14.3 Å². The molecule has 2 aromatic carbocycles. The minimum absolute atomic E-state index is 0.0725. The summed E-state index contributed by atoms with van der Waals surface area (Å²) in [6.07, 6.45) is 0. The van der Waals surface area contributed by atoms with Crippen molar-refractivity contribution < 1.29 is 13.2 Å². The molecule has 0 aliphatic carbocycles. The zero-order valence-corrected chi connectivity index (χ0v) is 13.9. The first kappa shape index (κ1) is 16.0. The predicted octanol–water partition coefficient (Wildman–Crippen LogP) is 2.59. The van der Waals surface area contributed by atoms with Crippen LogP contribution in [0.15, 0.2) is 47.4 Å². The van der Waals surface area contributed by atoms with Crippen molar-refractivity contribution in [2.24, 2.45) is 0 Å². The van der Waals surface area contributed by atoms with Gasteiger partial charge < -0.3 is 5.32 Å². The van der Waals surface area contributed by atoms with Crippen molar-refractivity contribution in [3.63, 3.8) is 0 Å². The van der Waals surface area contributed by atoms with Crippen molar-refractivity contribution >= 4 is 27.3 Å². The first-order chi connectivity index (χ1) is 11.3. The van der Waals surface area contributed by atoms with E-state index in [9.17, 15) is 13.2 Å². The first-order valence-electron chi connectivity index (χ1n) is 7.23. The molecule has 0 saturated carbocycles. The smallest absolute Gasteiger partial charge is 0.263 e. The van der Waals surface area contributed by atoms with Gasteiger partial charge in [-0.25, -0.2) is 8.42 Å². The molecular weight excluding hydrogens is 326 g/mol. The standard InChI is InChI=1S/C17H15N3O3S/c1-17(2)13-9-12(7-8-14(13)19-16(17)21)20-24(22,23)15-6-4-3-5-11(15)10-18/h3-9,20H,1-2H3,(H,19,21). The van der Waals surface area contributed by atoms with Crippen molar-refractivity contribution in [2.75, 3.05) is 10.0 Å². The van der Waals surface area contributed by atoms with E-state index in [4.69, 9.17) is 5.26 Å². The number of hydrogen-bond donors (Lipinski definition) is 2. The Hall–Kier alpha value is -2.85. The molecule has 0 bridgehead atoms. The molecule has 122 valence electrons. The molecule has 2 N–H and O–H groups in total. The molecule has 1 heterocycles. The van der Waals surface area contributed by atoms with Crippen LogP contribution in [0.4, 0.5) is 11.4 Å². The number of anilines is 2. The minimum Gasteiger partial charge on any atom is -0.325 e. The van der Waals surface area contributed by atoms with Gasteiger partial charge in [-0.3, -0.25) is 9.52 Å². The van der Waals surface area contributed by atoms with E-state index < -0.39 is 15.4 Å². The Kier molecular flexibility index (Phi) is 3.57. The van der Waals surface area contributed by atoms with Crippen molar-refractivity contribution in [1.29, 1.82) is 5.26 Å². The summed E-state index contributed by atoms with van der Waals surface area (Å²) in [4.78, 5) is 11.9. The van der Waals surface area contributed by atoms with Crippen LogP contribution in [0, 0.1) is 11.3 Å². The fourth-order valence-electron chi connectivity index (χ4n) is 2.64.